The highest BCUT2D eigenvalue weighted by Gasteiger charge is 2.25. The van der Waals surface area contributed by atoms with Crippen LogP contribution in [0, 0.1) is 0 Å². The third-order valence-electron chi connectivity index (χ3n) is 7.94. The van der Waals surface area contributed by atoms with E-state index < -0.39 is 11.4 Å². The zero-order valence-corrected chi connectivity index (χ0v) is 26.7. The SMILES string of the molecule is CCCCCCCC[N+](CCCCCCCC)(CCCCCCCC)CCCCCCCC.O=S([O-])[O-].[H+]. The first-order chi connectivity index (χ1) is 18.0. The summed E-state index contributed by atoms with van der Waals surface area (Å²) in [5.41, 5.74) is 0. The Morgan fingerprint density at radius 2 is 0.568 bits per heavy atom. The molecule has 0 heterocycles. The van der Waals surface area contributed by atoms with Gasteiger partial charge in [0.25, 0.3) is 0 Å². The number of hydrogen-bond donors (Lipinski definition) is 0. The number of rotatable bonds is 28. The van der Waals surface area contributed by atoms with Crippen molar-refractivity contribution in [1.29, 1.82) is 0 Å². The monoisotopic (exact) mass is 547 g/mol. The maximum atomic E-state index is 8.44. The molecule has 0 rings (SSSR count). The summed E-state index contributed by atoms with van der Waals surface area (Å²) in [7, 11) is 0. The first-order valence-corrected chi connectivity index (χ1v) is 17.6. The molecule has 37 heavy (non-hydrogen) atoms. The van der Waals surface area contributed by atoms with Gasteiger partial charge in [0.1, 0.15) is 0 Å². The van der Waals surface area contributed by atoms with Crippen LogP contribution in [0.1, 0.15) is 183 Å². The molecule has 0 aromatic heterocycles. The maximum absolute atomic E-state index is 8.44. The fourth-order valence-corrected chi connectivity index (χ4v) is 5.58. The number of quaternary nitrogens is 1. The Morgan fingerprint density at radius 1 is 0.405 bits per heavy atom. The molecule has 0 unspecified atom stereocenters. The quantitative estimate of drug-likeness (QED) is 0.0556. The molecule has 0 aromatic rings. The third-order valence-corrected chi connectivity index (χ3v) is 7.94. The molecule has 0 aliphatic heterocycles. The molecule has 226 valence electrons. The van der Waals surface area contributed by atoms with Gasteiger partial charge in [0, 0.05) is 0 Å². The molecule has 0 radical (unpaired) electrons. The second kappa shape index (κ2) is 32.2. The molecule has 0 bridgehead atoms. The summed E-state index contributed by atoms with van der Waals surface area (Å²) in [5, 5.41) is 0. The summed E-state index contributed by atoms with van der Waals surface area (Å²) in [6, 6.07) is 0. The molecule has 0 saturated heterocycles. The van der Waals surface area contributed by atoms with E-state index in [4.69, 9.17) is 13.3 Å². The zero-order chi connectivity index (χ0) is 27.9. The molecule has 0 aromatic carbocycles. The van der Waals surface area contributed by atoms with Crippen molar-refractivity contribution < 1.29 is 19.2 Å². The Hall–Kier alpha value is 0.0300. The summed E-state index contributed by atoms with van der Waals surface area (Å²) in [6.45, 7) is 15.3. The molecule has 0 atom stereocenters. The fourth-order valence-electron chi connectivity index (χ4n) is 5.58. The van der Waals surface area contributed by atoms with E-state index >= 15 is 0 Å². The van der Waals surface area contributed by atoms with Crippen LogP contribution in [0.5, 0.6) is 0 Å². The van der Waals surface area contributed by atoms with Crippen molar-refractivity contribution in [2.24, 2.45) is 0 Å². The van der Waals surface area contributed by atoms with E-state index in [-0.39, 0.29) is 1.43 Å². The predicted molar refractivity (Wildman–Crippen MR) is 164 cm³/mol. The van der Waals surface area contributed by atoms with Gasteiger partial charge < -0.3 is 13.6 Å². The number of nitrogens with zero attached hydrogens (tertiary/aromatic N) is 1. The van der Waals surface area contributed by atoms with E-state index in [1.807, 2.05) is 0 Å². The molecule has 0 saturated carbocycles. The summed E-state index contributed by atoms with van der Waals surface area (Å²) in [6.07, 6.45) is 34.8. The summed E-state index contributed by atoms with van der Waals surface area (Å²) >= 11 is -3.11. The van der Waals surface area contributed by atoms with Gasteiger partial charge in [-0.3, -0.25) is 4.21 Å². The molecule has 0 aliphatic rings. The lowest BCUT2D eigenvalue weighted by Gasteiger charge is -2.40. The Labute approximate surface area is 238 Å². The van der Waals surface area contributed by atoms with Gasteiger partial charge in [-0.2, -0.15) is 0 Å². The predicted octanol–water partition coefficient (Wildman–Crippen LogP) is 10.4. The van der Waals surface area contributed by atoms with Crippen LogP contribution in [0.25, 0.3) is 0 Å². The highest BCUT2D eigenvalue weighted by Crippen LogP contribution is 2.20. The van der Waals surface area contributed by atoms with Crippen molar-refractivity contribution >= 4 is 11.4 Å². The molecular weight excluding hydrogens is 478 g/mol. The van der Waals surface area contributed by atoms with Crippen LogP contribution in [-0.4, -0.2) is 44.0 Å². The van der Waals surface area contributed by atoms with Crippen LogP contribution < -0.4 is 0 Å². The van der Waals surface area contributed by atoms with Crippen molar-refractivity contribution in [2.75, 3.05) is 26.2 Å². The largest absolute Gasteiger partial charge is 1.00 e. The third kappa shape index (κ3) is 32.1. The highest BCUT2D eigenvalue weighted by molar-refractivity contribution is 7.72. The van der Waals surface area contributed by atoms with Crippen LogP contribution in [-0.2, 0) is 11.4 Å². The molecule has 0 aliphatic carbocycles. The standard InChI is InChI=1S/C32H68N.H2O3S/c1-5-9-13-17-21-25-29-33(30-26-22-18-14-10-6-2,31-27-23-19-15-11-7-3)32-28-24-20-16-12-8-4;1-4(2)3/h5-32H2,1-4H3;(H2,1,2,3)/q+1;/p-1. The first-order valence-electron chi connectivity index (χ1n) is 16.6. The zero-order valence-electron chi connectivity index (χ0n) is 26.9. The average Bonchev–Trinajstić information content (AvgIpc) is 2.87. The normalized spacial score (nSPS) is 11.6. The van der Waals surface area contributed by atoms with Gasteiger partial charge in [-0.25, -0.2) is 0 Å². The topological polar surface area (TPSA) is 63.2 Å². The van der Waals surface area contributed by atoms with Crippen molar-refractivity contribution in [3.8, 4) is 0 Å². The molecule has 0 N–H and O–H groups in total. The van der Waals surface area contributed by atoms with E-state index in [1.165, 1.54) is 185 Å². The lowest BCUT2D eigenvalue weighted by atomic mass is 10.0. The Balaban J connectivity index is -0.00000227. The summed E-state index contributed by atoms with van der Waals surface area (Å²) < 4.78 is 26.8. The number of hydrogen-bond acceptors (Lipinski definition) is 3. The second-order valence-corrected chi connectivity index (χ2v) is 11.9. The van der Waals surface area contributed by atoms with Gasteiger partial charge in [0.2, 0.25) is 0 Å². The fraction of sp³-hybridized carbons (Fsp3) is 1.00. The van der Waals surface area contributed by atoms with Crippen LogP contribution in [0.15, 0.2) is 0 Å². The van der Waals surface area contributed by atoms with E-state index in [9.17, 15) is 0 Å². The van der Waals surface area contributed by atoms with E-state index in [1.54, 1.807) is 0 Å². The minimum Gasteiger partial charge on any atom is -0.784 e. The smallest absolute Gasteiger partial charge is 0.784 e. The summed E-state index contributed by atoms with van der Waals surface area (Å²) in [5.74, 6) is 0. The first kappa shape index (κ1) is 39.2. The van der Waals surface area contributed by atoms with Crippen molar-refractivity contribution in [2.45, 2.75) is 182 Å². The maximum Gasteiger partial charge on any atom is 1.00 e. The lowest BCUT2D eigenvalue weighted by molar-refractivity contribution is -0.929. The molecule has 0 amide bonds. The van der Waals surface area contributed by atoms with Gasteiger partial charge in [0.05, 0.1) is 26.2 Å². The van der Waals surface area contributed by atoms with Gasteiger partial charge in [-0.1, -0.05) is 130 Å². The second-order valence-electron chi connectivity index (χ2n) is 11.5. The van der Waals surface area contributed by atoms with Crippen molar-refractivity contribution in [1.82, 2.24) is 0 Å². The number of unbranched alkanes of at least 4 members (excludes halogenated alkanes) is 20. The van der Waals surface area contributed by atoms with E-state index in [2.05, 4.69) is 27.7 Å². The van der Waals surface area contributed by atoms with Crippen LogP contribution >= 0.6 is 0 Å². The molecule has 0 fully saturated rings. The van der Waals surface area contributed by atoms with E-state index in [0.29, 0.717) is 0 Å². The van der Waals surface area contributed by atoms with Gasteiger partial charge in [0.15, 0.2) is 0 Å². The van der Waals surface area contributed by atoms with Gasteiger partial charge in [-0.05, 0) is 51.4 Å². The average molecular weight is 548 g/mol. The molecule has 5 heteroatoms. The minimum absolute atomic E-state index is 0. The molecule has 4 nitrogen and oxygen atoms in total. The minimum atomic E-state index is -3.11. The Bertz CT molecular complexity index is 381. The Kier molecular flexibility index (Phi) is 34.1. The lowest BCUT2D eigenvalue weighted by Crippen LogP contribution is -2.50. The molecular formula is C32H69NO3S. The van der Waals surface area contributed by atoms with Crippen LogP contribution in [0.3, 0.4) is 0 Å². The Morgan fingerprint density at radius 3 is 0.757 bits per heavy atom. The van der Waals surface area contributed by atoms with Gasteiger partial charge >= 0.3 is 1.43 Å². The van der Waals surface area contributed by atoms with Crippen LogP contribution in [0.4, 0.5) is 0 Å². The van der Waals surface area contributed by atoms with Crippen molar-refractivity contribution in [3.05, 3.63) is 0 Å². The highest BCUT2D eigenvalue weighted by atomic mass is 32.2. The van der Waals surface area contributed by atoms with Crippen molar-refractivity contribution in [3.63, 3.8) is 0 Å². The van der Waals surface area contributed by atoms with Crippen LogP contribution in [0.2, 0.25) is 0 Å². The molecule has 0 spiro atoms. The van der Waals surface area contributed by atoms with Gasteiger partial charge in [-0.15, -0.1) is 11.4 Å². The summed E-state index contributed by atoms with van der Waals surface area (Å²) in [4.78, 5) is 0. The van der Waals surface area contributed by atoms with E-state index in [0.717, 1.165) is 0 Å².